The lowest BCUT2D eigenvalue weighted by molar-refractivity contribution is -0.132. The Morgan fingerprint density at radius 3 is 1.55 bits per heavy atom. The molecule has 2 aromatic rings. The number of aliphatic carboxylic acids is 2. The van der Waals surface area contributed by atoms with Gasteiger partial charge in [-0.2, -0.15) is 0 Å². The summed E-state index contributed by atoms with van der Waals surface area (Å²) >= 11 is 0. The molecular formula is C12H12N4O4. The summed E-state index contributed by atoms with van der Waals surface area (Å²) in [6.07, 6.45) is 11.0. The van der Waals surface area contributed by atoms with Crippen molar-refractivity contribution < 1.29 is 19.8 Å². The first-order valence-electron chi connectivity index (χ1n) is 5.36. The zero-order valence-corrected chi connectivity index (χ0v) is 10.2. The Hall–Kier alpha value is -3.16. The fourth-order valence-corrected chi connectivity index (χ4v) is 1.04. The maximum Gasteiger partial charge on any atom is 0.328 e. The van der Waals surface area contributed by atoms with E-state index in [1.807, 2.05) is 0 Å². The third kappa shape index (κ3) is 6.55. The Labute approximate surface area is 113 Å². The highest BCUT2D eigenvalue weighted by molar-refractivity contribution is 5.85. The summed E-state index contributed by atoms with van der Waals surface area (Å²) in [5, 5.41) is 16.4. The van der Waals surface area contributed by atoms with E-state index < -0.39 is 11.9 Å². The van der Waals surface area contributed by atoms with E-state index in [9.17, 15) is 9.59 Å². The van der Waals surface area contributed by atoms with Crippen molar-refractivity contribution in [2.45, 2.75) is 0 Å². The molecule has 0 spiro atoms. The molecule has 104 valence electrons. The van der Waals surface area contributed by atoms with Crippen LogP contribution in [0.25, 0.3) is 12.2 Å². The summed E-state index contributed by atoms with van der Waals surface area (Å²) in [5.41, 5.74) is 1.37. The van der Waals surface area contributed by atoms with Gasteiger partial charge in [0.15, 0.2) is 0 Å². The summed E-state index contributed by atoms with van der Waals surface area (Å²) in [4.78, 5) is 32.8. The largest absolute Gasteiger partial charge is 0.478 e. The van der Waals surface area contributed by atoms with Gasteiger partial charge < -0.3 is 20.2 Å². The van der Waals surface area contributed by atoms with Gasteiger partial charge in [-0.05, 0) is 12.2 Å². The van der Waals surface area contributed by atoms with Crippen molar-refractivity contribution in [1.29, 1.82) is 0 Å². The molecular weight excluding hydrogens is 264 g/mol. The van der Waals surface area contributed by atoms with Crippen molar-refractivity contribution in [2.75, 3.05) is 0 Å². The van der Waals surface area contributed by atoms with Gasteiger partial charge in [-0.25, -0.2) is 19.6 Å². The second-order valence-electron chi connectivity index (χ2n) is 3.36. The van der Waals surface area contributed by atoms with Gasteiger partial charge in [-0.3, -0.25) is 0 Å². The highest BCUT2D eigenvalue weighted by Crippen LogP contribution is 1.93. The van der Waals surface area contributed by atoms with E-state index in [1.165, 1.54) is 24.8 Å². The quantitative estimate of drug-likeness (QED) is 0.616. The monoisotopic (exact) mass is 276 g/mol. The van der Waals surface area contributed by atoms with Crippen molar-refractivity contribution in [1.82, 2.24) is 19.9 Å². The van der Waals surface area contributed by atoms with Gasteiger partial charge in [-0.1, -0.05) is 0 Å². The van der Waals surface area contributed by atoms with Gasteiger partial charge in [0.25, 0.3) is 0 Å². The second kappa shape index (κ2) is 8.03. The van der Waals surface area contributed by atoms with Gasteiger partial charge >= 0.3 is 11.9 Å². The zero-order valence-electron chi connectivity index (χ0n) is 10.2. The Morgan fingerprint density at radius 2 is 1.30 bits per heavy atom. The zero-order chi connectivity index (χ0) is 14.8. The summed E-state index contributed by atoms with van der Waals surface area (Å²) < 4.78 is 0. The van der Waals surface area contributed by atoms with Crippen LogP contribution in [0.4, 0.5) is 0 Å². The molecule has 2 rings (SSSR count). The van der Waals surface area contributed by atoms with Crippen molar-refractivity contribution in [2.24, 2.45) is 0 Å². The fourth-order valence-electron chi connectivity index (χ4n) is 1.04. The SMILES string of the molecule is O=C(O)C=Cc1cnc[nH]1.O=C(O)C=Cc1cnc[nH]1. The lowest BCUT2D eigenvalue weighted by Gasteiger charge is -1.79. The fraction of sp³-hybridized carbons (Fsp3) is 0. The van der Waals surface area contributed by atoms with Crippen LogP contribution in [0.5, 0.6) is 0 Å². The molecule has 2 heterocycles. The average molecular weight is 276 g/mol. The first-order valence-corrected chi connectivity index (χ1v) is 5.36. The minimum Gasteiger partial charge on any atom is -0.478 e. The van der Waals surface area contributed by atoms with Crippen LogP contribution in [0, 0.1) is 0 Å². The van der Waals surface area contributed by atoms with E-state index in [1.54, 1.807) is 12.4 Å². The first kappa shape index (κ1) is 14.9. The number of carboxylic acid groups (broad SMARTS) is 2. The Bertz CT molecular complexity index is 531. The van der Waals surface area contributed by atoms with Gasteiger partial charge in [0.2, 0.25) is 0 Å². The molecule has 0 unspecified atom stereocenters. The number of nitrogens with one attached hydrogen (secondary N) is 2. The average Bonchev–Trinajstić information content (AvgIpc) is 3.08. The molecule has 0 fully saturated rings. The topological polar surface area (TPSA) is 132 Å². The molecule has 0 atom stereocenters. The summed E-state index contributed by atoms with van der Waals surface area (Å²) in [5.74, 6) is -1.93. The van der Waals surface area contributed by atoms with Crippen LogP contribution in [0.15, 0.2) is 37.2 Å². The standard InChI is InChI=1S/2C6H6N2O2/c2*9-6(10)2-1-5-3-7-4-8-5/h2*1-4H,(H,7,8)(H,9,10). The summed E-state index contributed by atoms with van der Waals surface area (Å²) in [7, 11) is 0. The van der Waals surface area contributed by atoms with E-state index in [0.717, 1.165) is 12.2 Å². The highest BCUT2D eigenvalue weighted by atomic mass is 16.4. The number of aromatic amines is 2. The molecule has 8 nitrogen and oxygen atoms in total. The first-order chi connectivity index (χ1) is 9.58. The molecule has 2 aromatic heterocycles. The lowest BCUT2D eigenvalue weighted by atomic mass is 10.4. The lowest BCUT2D eigenvalue weighted by Crippen LogP contribution is -1.85. The van der Waals surface area contributed by atoms with Crippen LogP contribution < -0.4 is 0 Å². The number of rotatable bonds is 4. The molecule has 20 heavy (non-hydrogen) atoms. The molecule has 0 aromatic carbocycles. The minimum atomic E-state index is -0.963. The molecule has 0 amide bonds. The number of imidazole rings is 2. The highest BCUT2D eigenvalue weighted by Gasteiger charge is 1.88. The van der Waals surface area contributed by atoms with Crippen LogP contribution in [-0.4, -0.2) is 42.1 Å². The maximum absolute atomic E-state index is 9.97. The van der Waals surface area contributed by atoms with Crippen molar-refractivity contribution in [3.8, 4) is 0 Å². The second-order valence-corrected chi connectivity index (χ2v) is 3.36. The number of carbonyl (C=O) groups is 2. The number of aromatic nitrogens is 4. The van der Waals surface area contributed by atoms with Crippen LogP contribution in [0.2, 0.25) is 0 Å². The molecule has 0 bridgehead atoms. The van der Waals surface area contributed by atoms with E-state index >= 15 is 0 Å². The van der Waals surface area contributed by atoms with Crippen LogP contribution in [0.3, 0.4) is 0 Å². The predicted molar refractivity (Wildman–Crippen MR) is 70.5 cm³/mol. The van der Waals surface area contributed by atoms with E-state index in [-0.39, 0.29) is 0 Å². The van der Waals surface area contributed by atoms with Crippen molar-refractivity contribution in [3.05, 3.63) is 48.6 Å². The smallest absolute Gasteiger partial charge is 0.328 e. The Morgan fingerprint density at radius 1 is 0.900 bits per heavy atom. The predicted octanol–water partition coefficient (Wildman–Crippen LogP) is 1.02. The molecule has 0 saturated heterocycles. The van der Waals surface area contributed by atoms with Crippen LogP contribution >= 0.6 is 0 Å². The van der Waals surface area contributed by atoms with Gasteiger partial charge in [-0.15, -0.1) is 0 Å². The van der Waals surface area contributed by atoms with Gasteiger partial charge in [0.05, 0.1) is 36.4 Å². The third-order valence-electron chi connectivity index (χ3n) is 1.85. The number of carboxylic acids is 2. The van der Waals surface area contributed by atoms with Crippen LogP contribution in [0.1, 0.15) is 11.4 Å². The normalized spacial score (nSPS) is 10.4. The van der Waals surface area contributed by atoms with E-state index in [0.29, 0.717) is 11.4 Å². The molecule has 4 N–H and O–H groups in total. The minimum absolute atomic E-state index is 0.683. The van der Waals surface area contributed by atoms with Gasteiger partial charge in [0, 0.05) is 12.2 Å². The number of hydrogen-bond donors (Lipinski definition) is 4. The van der Waals surface area contributed by atoms with E-state index in [4.69, 9.17) is 10.2 Å². The van der Waals surface area contributed by atoms with Crippen molar-refractivity contribution >= 4 is 24.1 Å². The van der Waals surface area contributed by atoms with E-state index in [2.05, 4.69) is 19.9 Å². The Balaban J connectivity index is 0.000000200. The van der Waals surface area contributed by atoms with Gasteiger partial charge in [0.1, 0.15) is 0 Å². The van der Waals surface area contributed by atoms with Crippen molar-refractivity contribution in [3.63, 3.8) is 0 Å². The van der Waals surface area contributed by atoms with Crippen LogP contribution in [-0.2, 0) is 9.59 Å². The summed E-state index contributed by atoms with van der Waals surface area (Å²) in [6, 6.07) is 0. The molecule has 0 saturated carbocycles. The molecule has 8 heteroatoms. The third-order valence-corrected chi connectivity index (χ3v) is 1.85. The molecule has 0 aliphatic rings. The maximum atomic E-state index is 9.97. The number of hydrogen-bond acceptors (Lipinski definition) is 4. The molecule has 0 radical (unpaired) electrons. The molecule has 0 aliphatic carbocycles. The number of nitrogens with zero attached hydrogens (tertiary/aromatic N) is 2. The summed E-state index contributed by atoms with van der Waals surface area (Å²) in [6.45, 7) is 0. The molecule has 0 aliphatic heterocycles. The Kier molecular flexibility index (Phi) is 5.98. The number of H-pyrrole nitrogens is 2.